The number of sulfonamides is 1. The van der Waals surface area contributed by atoms with Crippen molar-refractivity contribution < 1.29 is 13.5 Å². The topological polar surface area (TPSA) is 57.6 Å². The van der Waals surface area contributed by atoms with Gasteiger partial charge in [-0.2, -0.15) is 4.31 Å². The zero-order valence-corrected chi connectivity index (χ0v) is 13.0. The van der Waals surface area contributed by atoms with E-state index in [0.29, 0.717) is 10.8 Å². The lowest BCUT2D eigenvalue weighted by Crippen LogP contribution is -2.33. The summed E-state index contributed by atoms with van der Waals surface area (Å²) in [6.45, 7) is 4.18. The number of thiophene rings is 1. The molecule has 1 aromatic heterocycles. The van der Waals surface area contributed by atoms with E-state index in [1.54, 1.807) is 6.07 Å². The first-order valence-electron chi connectivity index (χ1n) is 5.30. The van der Waals surface area contributed by atoms with Crippen LogP contribution in [0.5, 0.6) is 0 Å². The van der Waals surface area contributed by atoms with Gasteiger partial charge in [-0.25, -0.2) is 8.42 Å². The molecule has 0 radical (unpaired) electrons. The molecule has 0 aliphatic heterocycles. The Morgan fingerprint density at radius 2 is 2.12 bits per heavy atom. The maximum atomic E-state index is 12.3. The van der Waals surface area contributed by atoms with Crippen LogP contribution in [0.25, 0.3) is 0 Å². The van der Waals surface area contributed by atoms with Crippen LogP contribution in [0, 0.1) is 6.92 Å². The number of aliphatic hydroxyl groups excluding tert-OH is 1. The second-order valence-corrected chi connectivity index (χ2v) is 8.18. The van der Waals surface area contributed by atoms with Gasteiger partial charge in [-0.15, -0.1) is 11.3 Å². The molecule has 0 aromatic carbocycles. The number of rotatable bonds is 6. The molecule has 0 amide bonds. The summed E-state index contributed by atoms with van der Waals surface area (Å²) in [4.78, 5) is 0. The van der Waals surface area contributed by atoms with Crippen LogP contribution < -0.4 is 0 Å². The monoisotopic (exact) mass is 341 g/mol. The first-order chi connectivity index (χ1) is 7.93. The van der Waals surface area contributed by atoms with Crippen LogP contribution in [-0.4, -0.2) is 37.5 Å². The van der Waals surface area contributed by atoms with Gasteiger partial charge in [0, 0.05) is 13.1 Å². The number of hydrogen-bond donors (Lipinski definition) is 1. The smallest absolute Gasteiger partial charge is 0.252 e. The molecule has 0 saturated carbocycles. The molecule has 0 aliphatic carbocycles. The molecule has 1 heterocycles. The van der Waals surface area contributed by atoms with Gasteiger partial charge < -0.3 is 5.11 Å². The molecular weight excluding hydrogens is 326 g/mol. The van der Waals surface area contributed by atoms with Gasteiger partial charge in [0.15, 0.2) is 0 Å². The minimum Gasteiger partial charge on any atom is -0.395 e. The van der Waals surface area contributed by atoms with Crippen LogP contribution in [0.3, 0.4) is 0 Å². The summed E-state index contributed by atoms with van der Waals surface area (Å²) in [6.07, 6.45) is 0.727. The fourth-order valence-corrected chi connectivity index (χ4v) is 5.30. The average Bonchev–Trinajstić information content (AvgIpc) is 2.59. The molecule has 0 fully saturated rings. The standard InChI is InChI=1S/C10H16BrNO3S2/c1-3-4-12(5-6-13)17(14,15)9-7-8(2)10(11)16-9/h7,13H,3-6H2,1-2H3. The normalized spacial score (nSPS) is 12.3. The lowest BCUT2D eigenvalue weighted by molar-refractivity contribution is 0.254. The first kappa shape index (κ1) is 15.1. The van der Waals surface area contributed by atoms with Crippen LogP contribution in [0.15, 0.2) is 14.1 Å². The van der Waals surface area contributed by atoms with Crippen molar-refractivity contribution in [3.05, 3.63) is 15.4 Å². The molecule has 1 rings (SSSR count). The summed E-state index contributed by atoms with van der Waals surface area (Å²) >= 11 is 4.53. The maximum Gasteiger partial charge on any atom is 0.252 e. The number of aryl methyl sites for hydroxylation is 1. The number of hydrogen-bond acceptors (Lipinski definition) is 4. The SMILES string of the molecule is CCCN(CCO)S(=O)(=O)c1cc(C)c(Br)s1. The summed E-state index contributed by atoms with van der Waals surface area (Å²) in [7, 11) is -3.47. The molecule has 98 valence electrons. The molecule has 0 unspecified atom stereocenters. The fraction of sp³-hybridized carbons (Fsp3) is 0.600. The van der Waals surface area contributed by atoms with E-state index in [0.717, 1.165) is 15.8 Å². The third-order valence-electron chi connectivity index (χ3n) is 2.25. The van der Waals surface area contributed by atoms with Gasteiger partial charge in [-0.05, 0) is 40.9 Å². The van der Waals surface area contributed by atoms with Gasteiger partial charge in [0.25, 0.3) is 10.0 Å². The van der Waals surface area contributed by atoms with Crippen molar-refractivity contribution >= 4 is 37.3 Å². The van der Waals surface area contributed by atoms with Crippen molar-refractivity contribution in [2.24, 2.45) is 0 Å². The summed E-state index contributed by atoms with van der Waals surface area (Å²) in [5.74, 6) is 0. The Labute approximate surface area is 114 Å². The molecule has 17 heavy (non-hydrogen) atoms. The largest absolute Gasteiger partial charge is 0.395 e. The number of nitrogens with zero attached hydrogens (tertiary/aromatic N) is 1. The molecule has 7 heteroatoms. The van der Waals surface area contributed by atoms with Crippen molar-refractivity contribution in [1.82, 2.24) is 4.31 Å². The van der Waals surface area contributed by atoms with Crippen molar-refractivity contribution in [1.29, 1.82) is 0 Å². The van der Waals surface area contributed by atoms with Crippen LogP contribution in [0.1, 0.15) is 18.9 Å². The Kier molecular flexibility index (Phi) is 5.59. The summed E-state index contributed by atoms with van der Waals surface area (Å²) in [6, 6.07) is 1.66. The van der Waals surface area contributed by atoms with E-state index in [1.165, 1.54) is 15.6 Å². The molecule has 0 atom stereocenters. The van der Waals surface area contributed by atoms with E-state index in [-0.39, 0.29) is 13.2 Å². The van der Waals surface area contributed by atoms with Crippen LogP contribution in [-0.2, 0) is 10.0 Å². The molecule has 0 saturated heterocycles. The van der Waals surface area contributed by atoms with Gasteiger partial charge in [0.05, 0.1) is 10.4 Å². The quantitative estimate of drug-likeness (QED) is 0.862. The highest BCUT2D eigenvalue weighted by Gasteiger charge is 2.25. The molecule has 1 N–H and O–H groups in total. The minimum atomic E-state index is -3.47. The van der Waals surface area contributed by atoms with E-state index in [2.05, 4.69) is 15.9 Å². The zero-order valence-electron chi connectivity index (χ0n) is 9.81. The highest BCUT2D eigenvalue weighted by molar-refractivity contribution is 9.11. The first-order valence-corrected chi connectivity index (χ1v) is 8.35. The minimum absolute atomic E-state index is 0.144. The van der Waals surface area contributed by atoms with Gasteiger partial charge in [-0.3, -0.25) is 0 Å². The van der Waals surface area contributed by atoms with Gasteiger partial charge in [-0.1, -0.05) is 6.92 Å². The lowest BCUT2D eigenvalue weighted by atomic mass is 10.4. The molecule has 0 bridgehead atoms. The highest BCUT2D eigenvalue weighted by Crippen LogP contribution is 2.32. The third kappa shape index (κ3) is 3.51. The van der Waals surface area contributed by atoms with E-state index in [1.807, 2.05) is 13.8 Å². The zero-order chi connectivity index (χ0) is 13.1. The van der Waals surface area contributed by atoms with Crippen molar-refractivity contribution in [2.45, 2.75) is 24.5 Å². The average molecular weight is 342 g/mol. The van der Waals surface area contributed by atoms with Crippen LogP contribution >= 0.6 is 27.3 Å². The molecular formula is C10H16BrNO3S2. The Hall–Kier alpha value is 0.0500. The lowest BCUT2D eigenvalue weighted by Gasteiger charge is -2.19. The van der Waals surface area contributed by atoms with Crippen LogP contribution in [0.4, 0.5) is 0 Å². The van der Waals surface area contributed by atoms with Gasteiger partial charge >= 0.3 is 0 Å². The number of halogens is 1. The van der Waals surface area contributed by atoms with E-state index < -0.39 is 10.0 Å². The van der Waals surface area contributed by atoms with E-state index in [4.69, 9.17) is 5.11 Å². The Balaban J connectivity index is 3.06. The summed E-state index contributed by atoms with van der Waals surface area (Å²) in [5.41, 5.74) is 0.911. The fourth-order valence-electron chi connectivity index (χ4n) is 1.40. The maximum absolute atomic E-state index is 12.3. The molecule has 1 aromatic rings. The predicted molar refractivity (Wildman–Crippen MR) is 72.9 cm³/mol. The van der Waals surface area contributed by atoms with Gasteiger partial charge in [0.1, 0.15) is 4.21 Å². The third-order valence-corrected chi connectivity index (χ3v) is 6.74. The van der Waals surface area contributed by atoms with Gasteiger partial charge in [0.2, 0.25) is 0 Å². The Morgan fingerprint density at radius 3 is 2.53 bits per heavy atom. The predicted octanol–water partition coefficient (Wildman–Crippen LogP) is 2.21. The van der Waals surface area contributed by atoms with E-state index in [9.17, 15) is 8.42 Å². The summed E-state index contributed by atoms with van der Waals surface area (Å²) in [5, 5.41) is 8.92. The molecule has 0 aliphatic rings. The second kappa shape index (κ2) is 6.29. The van der Waals surface area contributed by atoms with Crippen molar-refractivity contribution in [2.75, 3.05) is 19.7 Å². The number of aliphatic hydroxyl groups is 1. The Morgan fingerprint density at radius 1 is 1.47 bits per heavy atom. The van der Waals surface area contributed by atoms with Crippen molar-refractivity contribution in [3.8, 4) is 0 Å². The highest BCUT2D eigenvalue weighted by atomic mass is 79.9. The second-order valence-electron chi connectivity index (χ2n) is 3.65. The van der Waals surface area contributed by atoms with Crippen molar-refractivity contribution in [3.63, 3.8) is 0 Å². The molecule has 4 nitrogen and oxygen atoms in total. The van der Waals surface area contributed by atoms with Crippen LogP contribution in [0.2, 0.25) is 0 Å². The Bertz CT molecular complexity index is 444. The summed E-state index contributed by atoms with van der Waals surface area (Å²) < 4.78 is 27.0. The van der Waals surface area contributed by atoms with E-state index >= 15 is 0 Å². The molecule has 0 spiro atoms.